The minimum atomic E-state index is -0.174. The van der Waals surface area contributed by atoms with Gasteiger partial charge in [0, 0.05) is 0 Å². The Bertz CT molecular complexity index is 748. The highest BCUT2D eigenvalue weighted by Gasteiger charge is 2.39. The first-order valence-electron chi connectivity index (χ1n) is 9.34. The van der Waals surface area contributed by atoms with E-state index in [0.29, 0.717) is 0 Å². The predicted molar refractivity (Wildman–Crippen MR) is 100 cm³/mol. The molecule has 0 radical (unpaired) electrons. The molecule has 128 valence electrons. The van der Waals surface area contributed by atoms with Gasteiger partial charge in [-0.1, -0.05) is 79.9 Å². The molecule has 1 atom stereocenters. The lowest BCUT2D eigenvalue weighted by Gasteiger charge is -2.28. The van der Waals surface area contributed by atoms with Gasteiger partial charge in [0.2, 0.25) is 0 Å². The van der Waals surface area contributed by atoms with Gasteiger partial charge in [0.25, 0.3) is 5.91 Å². The van der Waals surface area contributed by atoms with Crippen LogP contribution < -0.4 is 0 Å². The van der Waals surface area contributed by atoms with Crippen molar-refractivity contribution in [3.05, 3.63) is 71.8 Å². The predicted octanol–water partition coefficient (Wildman–Crippen LogP) is 4.42. The molecule has 1 fully saturated rings. The van der Waals surface area contributed by atoms with Gasteiger partial charge < -0.3 is 0 Å². The summed E-state index contributed by atoms with van der Waals surface area (Å²) in [5.41, 5.74) is 3.19. The summed E-state index contributed by atoms with van der Waals surface area (Å²) in [7, 11) is 0. The van der Waals surface area contributed by atoms with Crippen LogP contribution in [0.15, 0.2) is 65.8 Å². The molecule has 1 aliphatic heterocycles. The van der Waals surface area contributed by atoms with E-state index in [1.165, 1.54) is 24.8 Å². The Morgan fingerprint density at radius 1 is 0.880 bits per heavy atom. The van der Waals surface area contributed by atoms with Crippen molar-refractivity contribution in [2.24, 2.45) is 11.0 Å². The average molecular weight is 332 g/mol. The summed E-state index contributed by atoms with van der Waals surface area (Å²) in [6, 6.07) is 20.7. The monoisotopic (exact) mass is 332 g/mol. The van der Waals surface area contributed by atoms with Crippen molar-refractivity contribution >= 4 is 11.6 Å². The summed E-state index contributed by atoms with van der Waals surface area (Å²) in [4.78, 5) is 13.2. The molecular weight excluding hydrogens is 308 g/mol. The van der Waals surface area contributed by atoms with Crippen LogP contribution in [0.2, 0.25) is 0 Å². The zero-order valence-corrected chi connectivity index (χ0v) is 14.5. The van der Waals surface area contributed by atoms with Crippen LogP contribution in [-0.4, -0.2) is 22.7 Å². The fraction of sp³-hybridized carbons (Fsp3) is 0.364. The Morgan fingerprint density at radius 2 is 1.52 bits per heavy atom. The van der Waals surface area contributed by atoms with E-state index in [9.17, 15) is 4.79 Å². The number of rotatable bonds is 4. The van der Waals surface area contributed by atoms with Crippen LogP contribution >= 0.6 is 0 Å². The second kappa shape index (κ2) is 7.22. The lowest BCUT2D eigenvalue weighted by Crippen LogP contribution is -2.37. The molecule has 3 heteroatoms. The zero-order chi connectivity index (χ0) is 17.1. The van der Waals surface area contributed by atoms with Gasteiger partial charge in [-0.15, -0.1) is 0 Å². The van der Waals surface area contributed by atoms with E-state index < -0.39 is 0 Å². The van der Waals surface area contributed by atoms with Gasteiger partial charge in [-0.25, -0.2) is 5.01 Å². The Balaban J connectivity index is 1.65. The fourth-order valence-electron chi connectivity index (χ4n) is 4.00. The highest BCUT2D eigenvalue weighted by Crippen LogP contribution is 2.31. The molecule has 1 aliphatic carbocycles. The van der Waals surface area contributed by atoms with Crippen molar-refractivity contribution in [1.82, 2.24) is 5.01 Å². The van der Waals surface area contributed by atoms with Crippen LogP contribution in [0.4, 0.5) is 0 Å². The van der Waals surface area contributed by atoms with Crippen LogP contribution in [0, 0.1) is 5.92 Å². The maximum absolute atomic E-state index is 13.2. The van der Waals surface area contributed by atoms with E-state index in [1.807, 2.05) is 41.4 Å². The number of hydrogen-bond donors (Lipinski definition) is 0. The van der Waals surface area contributed by atoms with E-state index in [-0.39, 0.29) is 17.9 Å². The van der Waals surface area contributed by atoms with Gasteiger partial charge in [0.05, 0.1) is 17.7 Å². The number of hydrazone groups is 1. The van der Waals surface area contributed by atoms with E-state index in [0.717, 1.165) is 30.5 Å². The van der Waals surface area contributed by atoms with E-state index in [4.69, 9.17) is 5.10 Å². The van der Waals surface area contributed by atoms with Gasteiger partial charge in [-0.05, 0) is 30.4 Å². The molecule has 2 aromatic carbocycles. The van der Waals surface area contributed by atoms with Crippen LogP contribution in [0.3, 0.4) is 0 Å². The van der Waals surface area contributed by atoms with E-state index in [2.05, 4.69) is 24.3 Å². The van der Waals surface area contributed by atoms with Crippen LogP contribution in [0.1, 0.15) is 43.2 Å². The van der Waals surface area contributed by atoms with E-state index in [1.54, 1.807) is 0 Å². The third-order valence-corrected chi connectivity index (χ3v) is 5.34. The van der Waals surface area contributed by atoms with Crippen molar-refractivity contribution in [2.75, 3.05) is 0 Å². The first-order chi connectivity index (χ1) is 12.3. The second-order valence-electron chi connectivity index (χ2n) is 7.07. The Morgan fingerprint density at radius 3 is 2.20 bits per heavy atom. The standard InChI is InChI=1S/C22H24N2O/c25-22-20(16-17-10-4-1-5-11-17)21(18-12-6-2-7-13-18)23-24(22)19-14-8-3-9-15-19/h1-2,4-7,10-13,19-20H,3,8-9,14-16H2. The first-order valence-corrected chi connectivity index (χ1v) is 9.34. The molecule has 4 rings (SSSR count). The fourth-order valence-corrected chi connectivity index (χ4v) is 4.00. The van der Waals surface area contributed by atoms with Gasteiger partial charge in [-0.3, -0.25) is 4.79 Å². The highest BCUT2D eigenvalue weighted by molar-refractivity contribution is 6.16. The van der Waals surface area contributed by atoms with Crippen molar-refractivity contribution in [3.63, 3.8) is 0 Å². The molecule has 1 saturated carbocycles. The maximum atomic E-state index is 13.2. The number of carbonyl (C=O) groups is 1. The average Bonchev–Trinajstić information content (AvgIpc) is 3.01. The smallest absolute Gasteiger partial charge is 0.252 e. The molecule has 1 amide bonds. The van der Waals surface area contributed by atoms with Gasteiger partial charge in [0.15, 0.2) is 0 Å². The number of hydrogen-bond acceptors (Lipinski definition) is 2. The molecule has 0 saturated heterocycles. The summed E-state index contributed by atoms with van der Waals surface area (Å²) in [5.74, 6) is 0.00123. The third-order valence-electron chi connectivity index (χ3n) is 5.34. The minimum Gasteiger partial charge on any atom is -0.272 e. The van der Waals surface area contributed by atoms with Crippen LogP contribution in [-0.2, 0) is 11.2 Å². The molecule has 2 aliphatic rings. The van der Waals surface area contributed by atoms with Crippen molar-refractivity contribution in [1.29, 1.82) is 0 Å². The molecule has 0 spiro atoms. The number of carbonyl (C=O) groups excluding carboxylic acids is 1. The molecule has 2 aromatic rings. The molecular formula is C22H24N2O. The summed E-state index contributed by atoms with van der Waals surface area (Å²) in [6.45, 7) is 0. The lowest BCUT2D eigenvalue weighted by atomic mass is 9.89. The van der Waals surface area contributed by atoms with Crippen molar-refractivity contribution in [2.45, 2.75) is 44.6 Å². The Kier molecular flexibility index (Phi) is 4.64. The van der Waals surface area contributed by atoms with Crippen LogP contribution in [0.5, 0.6) is 0 Å². The van der Waals surface area contributed by atoms with Crippen molar-refractivity contribution < 1.29 is 4.79 Å². The third kappa shape index (κ3) is 3.37. The van der Waals surface area contributed by atoms with E-state index >= 15 is 0 Å². The maximum Gasteiger partial charge on any atom is 0.252 e. The number of benzene rings is 2. The molecule has 25 heavy (non-hydrogen) atoms. The Hall–Kier alpha value is -2.42. The summed E-state index contributed by atoms with van der Waals surface area (Å²) >= 11 is 0. The molecule has 0 aromatic heterocycles. The zero-order valence-electron chi connectivity index (χ0n) is 14.5. The summed E-state index contributed by atoms with van der Waals surface area (Å²) < 4.78 is 0. The molecule has 0 N–H and O–H groups in total. The topological polar surface area (TPSA) is 32.7 Å². The molecule has 1 unspecified atom stereocenters. The molecule has 0 bridgehead atoms. The SMILES string of the molecule is O=C1C(Cc2ccccc2)C(c2ccccc2)=NN1C1CCCCC1. The van der Waals surface area contributed by atoms with Gasteiger partial charge in [0.1, 0.15) is 0 Å². The lowest BCUT2D eigenvalue weighted by molar-refractivity contribution is -0.134. The molecule has 1 heterocycles. The summed E-state index contributed by atoms with van der Waals surface area (Å²) in [5, 5.41) is 6.66. The number of amides is 1. The van der Waals surface area contributed by atoms with Crippen LogP contribution in [0.25, 0.3) is 0 Å². The largest absolute Gasteiger partial charge is 0.272 e. The minimum absolute atomic E-state index is 0.174. The second-order valence-corrected chi connectivity index (χ2v) is 7.07. The summed E-state index contributed by atoms with van der Waals surface area (Å²) in [6.07, 6.45) is 6.56. The molecule has 3 nitrogen and oxygen atoms in total. The first kappa shape index (κ1) is 16.1. The normalized spacial score (nSPS) is 21.4. The quantitative estimate of drug-likeness (QED) is 0.815. The number of nitrogens with zero attached hydrogens (tertiary/aromatic N) is 2. The highest BCUT2D eigenvalue weighted by atomic mass is 16.2. The van der Waals surface area contributed by atoms with Gasteiger partial charge >= 0.3 is 0 Å². The Labute approximate surface area is 149 Å². The van der Waals surface area contributed by atoms with Gasteiger partial charge in [-0.2, -0.15) is 5.10 Å². The van der Waals surface area contributed by atoms with Crippen molar-refractivity contribution in [3.8, 4) is 0 Å².